The van der Waals surface area contributed by atoms with Crippen LogP contribution in [0.25, 0.3) is 10.8 Å². The van der Waals surface area contributed by atoms with E-state index in [9.17, 15) is 9.90 Å². The number of hydrogen-bond donors (Lipinski definition) is 2. The number of halogens is 1. The summed E-state index contributed by atoms with van der Waals surface area (Å²) in [5.41, 5.74) is 1.94. The second-order valence-electron chi connectivity index (χ2n) is 6.82. The van der Waals surface area contributed by atoms with Crippen LogP contribution in [0, 0.1) is 5.92 Å². The summed E-state index contributed by atoms with van der Waals surface area (Å²) in [6, 6.07) is 21.3. The molecule has 1 saturated carbocycles. The van der Waals surface area contributed by atoms with Crippen molar-refractivity contribution in [2.24, 2.45) is 5.92 Å². The zero-order valence-corrected chi connectivity index (χ0v) is 15.0. The number of carbonyl (C=O) groups is 1. The van der Waals surface area contributed by atoms with Crippen LogP contribution in [0.2, 0.25) is 5.02 Å². The first-order chi connectivity index (χ1) is 12.7. The lowest BCUT2D eigenvalue weighted by Crippen LogP contribution is -2.32. The van der Waals surface area contributed by atoms with Crippen molar-refractivity contribution in [3.63, 3.8) is 0 Å². The highest BCUT2D eigenvalue weighted by Gasteiger charge is 2.45. The van der Waals surface area contributed by atoms with Crippen LogP contribution in [0.5, 0.6) is 0 Å². The molecular weight excluding hydrogens is 346 g/mol. The molecule has 1 fully saturated rings. The van der Waals surface area contributed by atoms with Gasteiger partial charge in [-0.05, 0) is 46.4 Å². The molecule has 4 rings (SSSR count). The summed E-state index contributed by atoms with van der Waals surface area (Å²) in [6.07, 6.45) is 0.797. The van der Waals surface area contributed by atoms with E-state index < -0.39 is 6.04 Å². The van der Waals surface area contributed by atoms with Crippen molar-refractivity contribution in [2.75, 3.05) is 6.61 Å². The van der Waals surface area contributed by atoms with Crippen LogP contribution in [0.4, 0.5) is 0 Å². The average molecular weight is 366 g/mol. The molecule has 0 bridgehead atoms. The van der Waals surface area contributed by atoms with Crippen LogP contribution >= 0.6 is 11.6 Å². The molecular formula is C22H20ClNO2. The van der Waals surface area contributed by atoms with Gasteiger partial charge in [0.15, 0.2) is 0 Å². The van der Waals surface area contributed by atoms with Gasteiger partial charge in [-0.2, -0.15) is 0 Å². The van der Waals surface area contributed by atoms with Gasteiger partial charge in [0.05, 0.1) is 12.6 Å². The van der Waals surface area contributed by atoms with Gasteiger partial charge in [-0.25, -0.2) is 0 Å². The lowest BCUT2D eigenvalue weighted by molar-refractivity contribution is -0.123. The number of rotatable bonds is 5. The van der Waals surface area contributed by atoms with E-state index in [0.717, 1.165) is 28.3 Å². The number of aliphatic hydroxyl groups is 1. The molecule has 132 valence electrons. The van der Waals surface area contributed by atoms with Crippen molar-refractivity contribution in [3.05, 3.63) is 82.9 Å². The zero-order valence-electron chi connectivity index (χ0n) is 14.2. The standard InChI is InChI=1S/C22H20ClNO2/c23-20-8-4-3-7-17(20)18-12-19(18)22(26)24-21(13-25)16-10-9-14-5-1-2-6-15(14)11-16/h1-11,18-19,21,25H,12-13H2,(H,24,26). The van der Waals surface area contributed by atoms with Gasteiger partial charge in [0, 0.05) is 10.9 Å². The zero-order chi connectivity index (χ0) is 18.1. The summed E-state index contributed by atoms with van der Waals surface area (Å²) in [4.78, 5) is 12.6. The Balaban J connectivity index is 1.48. The molecule has 0 saturated heterocycles. The largest absolute Gasteiger partial charge is 0.394 e. The molecule has 4 heteroatoms. The first kappa shape index (κ1) is 17.1. The Kier molecular flexibility index (Phi) is 4.66. The number of fused-ring (bicyclic) bond motifs is 1. The van der Waals surface area contributed by atoms with Crippen molar-refractivity contribution < 1.29 is 9.90 Å². The molecule has 3 unspecified atom stereocenters. The van der Waals surface area contributed by atoms with Gasteiger partial charge >= 0.3 is 0 Å². The fourth-order valence-electron chi connectivity index (χ4n) is 3.54. The minimum absolute atomic E-state index is 0.0258. The molecule has 0 spiro atoms. The molecule has 2 N–H and O–H groups in total. The van der Waals surface area contributed by atoms with Gasteiger partial charge in [-0.1, -0.05) is 66.2 Å². The summed E-state index contributed by atoms with van der Waals surface area (Å²) in [5, 5.41) is 15.7. The normalized spacial score (nSPS) is 19.9. The highest BCUT2D eigenvalue weighted by atomic mass is 35.5. The Bertz CT molecular complexity index is 956. The topological polar surface area (TPSA) is 49.3 Å². The summed E-state index contributed by atoms with van der Waals surface area (Å²) in [6.45, 7) is -0.131. The molecule has 1 amide bonds. The minimum atomic E-state index is -0.403. The quantitative estimate of drug-likeness (QED) is 0.702. The van der Waals surface area contributed by atoms with Gasteiger partial charge in [0.2, 0.25) is 5.91 Å². The first-order valence-corrected chi connectivity index (χ1v) is 9.19. The van der Waals surface area contributed by atoms with Crippen molar-refractivity contribution in [2.45, 2.75) is 18.4 Å². The molecule has 3 nitrogen and oxygen atoms in total. The van der Waals surface area contributed by atoms with Crippen molar-refractivity contribution in [1.82, 2.24) is 5.32 Å². The lowest BCUT2D eigenvalue weighted by Gasteiger charge is -2.17. The maximum atomic E-state index is 12.6. The Morgan fingerprint density at radius 1 is 1.08 bits per heavy atom. The Morgan fingerprint density at radius 2 is 1.81 bits per heavy atom. The first-order valence-electron chi connectivity index (χ1n) is 8.81. The summed E-state index contributed by atoms with van der Waals surface area (Å²) >= 11 is 6.24. The monoisotopic (exact) mass is 365 g/mol. The third kappa shape index (κ3) is 3.33. The highest BCUT2D eigenvalue weighted by Crippen LogP contribution is 2.49. The molecule has 0 aliphatic heterocycles. The van der Waals surface area contributed by atoms with E-state index in [1.807, 2.05) is 66.7 Å². The minimum Gasteiger partial charge on any atom is -0.394 e. The van der Waals surface area contributed by atoms with Gasteiger partial charge in [-0.3, -0.25) is 4.79 Å². The van der Waals surface area contributed by atoms with Crippen LogP contribution in [0.15, 0.2) is 66.7 Å². The van der Waals surface area contributed by atoms with E-state index in [-0.39, 0.29) is 24.3 Å². The summed E-state index contributed by atoms with van der Waals surface area (Å²) < 4.78 is 0. The van der Waals surface area contributed by atoms with Crippen LogP contribution in [0.3, 0.4) is 0 Å². The fourth-order valence-corrected chi connectivity index (χ4v) is 3.82. The smallest absolute Gasteiger partial charge is 0.224 e. The molecule has 3 aromatic carbocycles. The molecule has 1 aliphatic rings. The Labute approximate surface area is 157 Å². The average Bonchev–Trinajstić information content (AvgIpc) is 3.46. The summed E-state index contributed by atoms with van der Waals surface area (Å²) in [5.74, 6) is 0.0613. The van der Waals surface area contributed by atoms with Crippen molar-refractivity contribution in [3.8, 4) is 0 Å². The number of benzene rings is 3. The summed E-state index contributed by atoms with van der Waals surface area (Å²) in [7, 11) is 0. The number of aliphatic hydroxyl groups excluding tert-OH is 1. The van der Waals surface area contributed by atoms with Crippen LogP contribution < -0.4 is 5.32 Å². The molecule has 3 aromatic rings. The second kappa shape index (κ2) is 7.10. The molecule has 0 aromatic heterocycles. The van der Waals surface area contributed by atoms with Crippen LogP contribution in [-0.4, -0.2) is 17.6 Å². The van der Waals surface area contributed by atoms with E-state index in [0.29, 0.717) is 5.02 Å². The van der Waals surface area contributed by atoms with E-state index in [4.69, 9.17) is 11.6 Å². The van der Waals surface area contributed by atoms with Crippen LogP contribution in [0.1, 0.15) is 29.5 Å². The predicted molar refractivity (Wildman–Crippen MR) is 104 cm³/mol. The third-order valence-electron chi connectivity index (χ3n) is 5.11. The molecule has 0 heterocycles. The van der Waals surface area contributed by atoms with E-state index in [2.05, 4.69) is 5.32 Å². The van der Waals surface area contributed by atoms with Gasteiger partial charge in [-0.15, -0.1) is 0 Å². The van der Waals surface area contributed by atoms with Gasteiger partial charge in [0.1, 0.15) is 0 Å². The van der Waals surface area contributed by atoms with Gasteiger partial charge < -0.3 is 10.4 Å². The number of nitrogens with one attached hydrogen (secondary N) is 1. The molecule has 3 atom stereocenters. The lowest BCUT2D eigenvalue weighted by atomic mass is 10.0. The van der Waals surface area contributed by atoms with E-state index in [1.54, 1.807) is 0 Å². The molecule has 1 aliphatic carbocycles. The third-order valence-corrected chi connectivity index (χ3v) is 5.45. The number of hydrogen-bond acceptors (Lipinski definition) is 2. The number of carbonyl (C=O) groups excluding carboxylic acids is 1. The highest BCUT2D eigenvalue weighted by molar-refractivity contribution is 6.31. The fraction of sp³-hybridized carbons (Fsp3) is 0.227. The predicted octanol–water partition coefficient (Wildman–Crippen LogP) is 4.45. The molecule has 26 heavy (non-hydrogen) atoms. The SMILES string of the molecule is O=C(NC(CO)c1ccc2ccccc2c1)C1CC1c1ccccc1Cl. The maximum absolute atomic E-state index is 12.6. The maximum Gasteiger partial charge on any atom is 0.224 e. The van der Waals surface area contributed by atoms with Crippen molar-refractivity contribution >= 4 is 28.3 Å². The molecule has 0 radical (unpaired) electrons. The van der Waals surface area contributed by atoms with E-state index in [1.165, 1.54) is 0 Å². The Hall–Kier alpha value is -2.36. The van der Waals surface area contributed by atoms with E-state index >= 15 is 0 Å². The Morgan fingerprint density at radius 3 is 2.58 bits per heavy atom. The van der Waals surface area contributed by atoms with Crippen LogP contribution in [-0.2, 0) is 4.79 Å². The van der Waals surface area contributed by atoms with Crippen molar-refractivity contribution in [1.29, 1.82) is 0 Å². The number of amides is 1. The second-order valence-corrected chi connectivity index (χ2v) is 7.23. The van der Waals surface area contributed by atoms with Gasteiger partial charge in [0.25, 0.3) is 0 Å².